The van der Waals surface area contributed by atoms with Gasteiger partial charge in [0.25, 0.3) is 0 Å². The van der Waals surface area contributed by atoms with Gasteiger partial charge in [0.2, 0.25) is 0 Å². The standard InChI is InChI=1S/C15H15N/c1-11-14(12-6-3-2-4-7-12)10-13-8-5-9-15(13)16-11/h2-4,6-7,10H,5,8-9H2,1H3. The minimum atomic E-state index is 1.16. The Bertz CT molecular complexity index is 514. The minimum absolute atomic E-state index is 1.16. The first-order valence-electron chi connectivity index (χ1n) is 5.89. The molecule has 1 nitrogen and oxygen atoms in total. The molecule has 1 heterocycles. The van der Waals surface area contributed by atoms with Crippen LogP contribution in [0.1, 0.15) is 23.4 Å². The van der Waals surface area contributed by atoms with E-state index in [9.17, 15) is 0 Å². The number of nitrogens with zero attached hydrogens (tertiary/aromatic N) is 1. The molecule has 2 aromatic rings. The van der Waals surface area contributed by atoms with Crippen molar-refractivity contribution in [3.63, 3.8) is 0 Å². The molecule has 0 aliphatic heterocycles. The third kappa shape index (κ3) is 1.53. The summed E-state index contributed by atoms with van der Waals surface area (Å²) in [6.07, 6.45) is 3.62. The number of pyridine rings is 1. The van der Waals surface area contributed by atoms with Crippen LogP contribution >= 0.6 is 0 Å². The van der Waals surface area contributed by atoms with Crippen LogP contribution in [0.15, 0.2) is 36.4 Å². The molecule has 0 spiro atoms. The zero-order valence-corrected chi connectivity index (χ0v) is 9.53. The summed E-state index contributed by atoms with van der Waals surface area (Å²) in [5.74, 6) is 0. The fourth-order valence-corrected chi connectivity index (χ4v) is 2.49. The Morgan fingerprint density at radius 3 is 2.69 bits per heavy atom. The van der Waals surface area contributed by atoms with Crippen LogP contribution in [0.5, 0.6) is 0 Å². The predicted octanol–water partition coefficient (Wildman–Crippen LogP) is 3.55. The highest BCUT2D eigenvalue weighted by Crippen LogP contribution is 2.28. The summed E-state index contributed by atoms with van der Waals surface area (Å²) >= 11 is 0. The van der Waals surface area contributed by atoms with Crippen molar-refractivity contribution >= 4 is 0 Å². The van der Waals surface area contributed by atoms with E-state index in [1.807, 2.05) is 0 Å². The van der Waals surface area contributed by atoms with E-state index in [1.165, 1.54) is 35.2 Å². The molecule has 0 unspecified atom stereocenters. The molecular weight excluding hydrogens is 194 g/mol. The SMILES string of the molecule is Cc1nc2c(cc1-c1ccccc1)CCC2. The van der Waals surface area contributed by atoms with E-state index in [2.05, 4.69) is 43.3 Å². The molecule has 0 fully saturated rings. The summed E-state index contributed by atoms with van der Waals surface area (Å²) in [5.41, 5.74) is 6.50. The monoisotopic (exact) mass is 209 g/mol. The van der Waals surface area contributed by atoms with Gasteiger partial charge in [-0.3, -0.25) is 4.98 Å². The second-order valence-electron chi connectivity index (χ2n) is 4.45. The topological polar surface area (TPSA) is 12.9 Å². The number of hydrogen-bond acceptors (Lipinski definition) is 1. The lowest BCUT2D eigenvalue weighted by Crippen LogP contribution is -1.94. The zero-order valence-electron chi connectivity index (χ0n) is 9.53. The Morgan fingerprint density at radius 2 is 1.88 bits per heavy atom. The van der Waals surface area contributed by atoms with Crippen molar-refractivity contribution in [3.8, 4) is 11.1 Å². The second kappa shape index (κ2) is 3.75. The van der Waals surface area contributed by atoms with Crippen LogP contribution in [0.2, 0.25) is 0 Å². The lowest BCUT2D eigenvalue weighted by Gasteiger charge is -2.08. The lowest BCUT2D eigenvalue weighted by atomic mass is 10.0. The molecule has 0 bridgehead atoms. The first kappa shape index (κ1) is 9.59. The summed E-state index contributed by atoms with van der Waals surface area (Å²) in [6.45, 7) is 2.11. The molecule has 1 aliphatic rings. The molecule has 0 N–H and O–H groups in total. The average Bonchev–Trinajstić information content (AvgIpc) is 2.76. The van der Waals surface area contributed by atoms with Crippen molar-refractivity contribution in [3.05, 3.63) is 53.3 Å². The number of aryl methyl sites for hydroxylation is 3. The quantitative estimate of drug-likeness (QED) is 0.700. The molecule has 1 aromatic heterocycles. The van der Waals surface area contributed by atoms with Crippen molar-refractivity contribution in [1.29, 1.82) is 0 Å². The summed E-state index contributed by atoms with van der Waals surface area (Å²) in [6, 6.07) is 12.9. The van der Waals surface area contributed by atoms with Crippen LogP contribution in [-0.2, 0) is 12.8 Å². The van der Waals surface area contributed by atoms with E-state index in [0.29, 0.717) is 0 Å². The van der Waals surface area contributed by atoms with Crippen molar-refractivity contribution in [2.24, 2.45) is 0 Å². The molecule has 80 valence electrons. The molecule has 0 radical (unpaired) electrons. The molecular formula is C15H15N. The smallest absolute Gasteiger partial charge is 0.0454 e. The van der Waals surface area contributed by atoms with Gasteiger partial charge in [0.05, 0.1) is 0 Å². The van der Waals surface area contributed by atoms with Gasteiger partial charge in [-0.25, -0.2) is 0 Å². The Hall–Kier alpha value is -1.63. The van der Waals surface area contributed by atoms with Crippen LogP contribution in [0, 0.1) is 6.92 Å². The number of aromatic nitrogens is 1. The minimum Gasteiger partial charge on any atom is -0.257 e. The maximum atomic E-state index is 4.73. The maximum absolute atomic E-state index is 4.73. The van der Waals surface area contributed by atoms with Gasteiger partial charge < -0.3 is 0 Å². The number of rotatable bonds is 1. The van der Waals surface area contributed by atoms with E-state index in [0.717, 1.165) is 12.1 Å². The average molecular weight is 209 g/mol. The van der Waals surface area contributed by atoms with Crippen molar-refractivity contribution in [2.75, 3.05) is 0 Å². The molecule has 1 heteroatoms. The van der Waals surface area contributed by atoms with Gasteiger partial charge in [0, 0.05) is 17.0 Å². The summed E-state index contributed by atoms with van der Waals surface area (Å²) in [7, 11) is 0. The highest BCUT2D eigenvalue weighted by molar-refractivity contribution is 5.66. The van der Waals surface area contributed by atoms with E-state index in [1.54, 1.807) is 0 Å². The van der Waals surface area contributed by atoms with E-state index < -0.39 is 0 Å². The lowest BCUT2D eigenvalue weighted by molar-refractivity contribution is 0.897. The molecule has 0 saturated carbocycles. The predicted molar refractivity (Wildman–Crippen MR) is 66.4 cm³/mol. The Kier molecular flexibility index (Phi) is 2.24. The number of hydrogen-bond donors (Lipinski definition) is 0. The van der Waals surface area contributed by atoms with Gasteiger partial charge in [0.15, 0.2) is 0 Å². The summed E-state index contributed by atoms with van der Waals surface area (Å²) in [5, 5.41) is 0. The Labute approximate surface area is 96.2 Å². The Morgan fingerprint density at radius 1 is 1.06 bits per heavy atom. The first-order chi connectivity index (χ1) is 7.84. The normalized spacial score (nSPS) is 13.8. The first-order valence-corrected chi connectivity index (χ1v) is 5.89. The molecule has 0 amide bonds. The number of benzene rings is 1. The molecule has 3 rings (SSSR count). The highest BCUT2D eigenvalue weighted by atomic mass is 14.7. The largest absolute Gasteiger partial charge is 0.257 e. The van der Waals surface area contributed by atoms with E-state index in [4.69, 9.17) is 4.98 Å². The van der Waals surface area contributed by atoms with Gasteiger partial charge in [0.1, 0.15) is 0 Å². The Balaban J connectivity index is 2.15. The highest BCUT2D eigenvalue weighted by Gasteiger charge is 2.15. The van der Waals surface area contributed by atoms with Crippen LogP contribution in [0.25, 0.3) is 11.1 Å². The van der Waals surface area contributed by atoms with Crippen LogP contribution in [0.4, 0.5) is 0 Å². The fourth-order valence-electron chi connectivity index (χ4n) is 2.49. The molecule has 0 atom stereocenters. The second-order valence-corrected chi connectivity index (χ2v) is 4.45. The molecule has 1 aromatic carbocycles. The molecule has 16 heavy (non-hydrogen) atoms. The van der Waals surface area contributed by atoms with Gasteiger partial charge in [-0.2, -0.15) is 0 Å². The van der Waals surface area contributed by atoms with Gasteiger partial charge >= 0.3 is 0 Å². The third-order valence-electron chi connectivity index (χ3n) is 3.33. The van der Waals surface area contributed by atoms with Crippen LogP contribution in [-0.4, -0.2) is 4.98 Å². The van der Waals surface area contributed by atoms with Crippen molar-refractivity contribution in [2.45, 2.75) is 26.2 Å². The summed E-state index contributed by atoms with van der Waals surface area (Å²) in [4.78, 5) is 4.73. The van der Waals surface area contributed by atoms with Gasteiger partial charge in [-0.1, -0.05) is 30.3 Å². The summed E-state index contributed by atoms with van der Waals surface area (Å²) < 4.78 is 0. The van der Waals surface area contributed by atoms with Crippen molar-refractivity contribution in [1.82, 2.24) is 4.98 Å². The van der Waals surface area contributed by atoms with Gasteiger partial charge in [-0.05, 0) is 43.4 Å². The van der Waals surface area contributed by atoms with Crippen LogP contribution < -0.4 is 0 Å². The maximum Gasteiger partial charge on any atom is 0.0454 e. The van der Waals surface area contributed by atoms with Gasteiger partial charge in [-0.15, -0.1) is 0 Å². The molecule has 1 aliphatic carbocycles. The fraction of sp³-hybridized carbons (Fsp3) is 0.267. The third-order valence-corrected chi connectivity index (χ3v) is 3.33. The number of fused-ring (bicyclic) bond motifs is 1. The molecule has 0 saturated heterocycles. The van der Waals surface area contributed by atoms with Crippen molar-refractivity contribution < 1.29 is 0 Å². The van der Waals surface area contributed by atoms with E-state index >= 15 is 0 Å². The van der Waals surface area contributed by atoms with Crippen LogP contribution in [0.3, 0.4) is 0 Å². The van der Waals surface area contributed by atoms with E-state index in [-0.39, 0.29) is 0 Å². The zero-order chi connectivity index (χ0) is 11.0.